The van der Waals surface area contributed by atoms with Crippen LogP contribution in [0.2, 0.25) is 0 Å². The minimum Gasteiger partial charge on any atom is -0.508 e. The number of hydrogen-bond acceptors (Lipinski definition) is 18. The molecule has 0 saturated carbocycles. The van der Waals surface area contributed by atoms with Crippen molar-refractivity contribution in [3.05, 3.63) is 197 Å². The molecule has 1 aromatic heterocycles. The van der Waals surface area contributed by atoms with Gasteiger partial charge in [0, 0.05) is 68.4 Å². The van der Waals surface area contributed by atoms with E-state index in [0.29, 0.717) is 44.3 Å². The Morgan fingerprint density at radius 3 is 1.38 bits per heavy atom. The van der Waals surface area contributed by atoms with Gasteiger partial charge in [-0.05, 0) is 106 Å². The molecule has 1 saturated heterocycles. The van der Waals surface area contributed by atoms with Crippen LogP contribution >= 0.6 is 11.8 Å². The van der Waals surface area contributed by atoms with Crippen LogP contribution in [0.25, 0.3) is 10.9 Å². The average Bonchev–Trinajstić information content (AvgIpc) is 1.47. The molecule has 32 nitrogen and oxygen atoms in total. The molecule has 0 bridgehead atoms. The van der Waals surface area contributed by atoms with Gasteiger partial charge in [-0.15, -0.1) is 11.8 Å². The van der Waals surface area contributed by atoms with E-state index in [1.807, 2.05) is 0 Å². The SMILES string of the molecule is CC(C)C[C@@H]1NC(=O)[C@H](Cc2ccc(O)cc2)NC(=O)[C@H](Cc2ccccc2)NC(=O)CSC[C@@H](C(=O)NCC(N)=O)NC(=O)[C@H](CC(C)C)NC(=O)[C@H](Cc2ccccc2)N(C)C(=O)[C@H](Cc2ccc(O)cc2)NC(=O)[C@H](Cc2c[nH]c3ccccc23)NC(=O)CNC(=O)CNC(=O)[C@H](Cc2ccc(O)cc2)NC(=O)[C@H](C(C)C)NC1=O. The van der Waals surface area contributed by atoms with Crippen LogP contribution in [0.1, 0.15) is 87.8 Å². The minimum atomic E-state index is -1.55. The number of thioether (sulfide) groups is 1. The number of nitrogens with one attached hydrogen (secondary N) is 13. The predicted octanol–water partition coefficient (Wildman–Crippen LogP) is 1.56. The zero-order valence-corrected chi connectivity index (χ0v) is 67.6. The molecule has 14 amide bonds. The average molecular weight is 1640 g/mol. The fourth-order valence-electron chi connectivity index (χ4n) is 13.2. The van der Waals surface area contributed by atoms with Crippen molar-refractivity contribution in [1.29, 1.82) is 0 Å². The Hall–Kier alpha value is -12.8. The summed E-state index contributed by atoms with van der Waals surface area (Å²) in [5.74, 6) is -14.8. The molecule has 1 aliphatic rings. The van der Waals surface area contributed by atoms with Crippen LogP contribution in [0.5, 0.6) is 17.2 Å². The normalized spacial score (nSPS) is 21.7. The van der Waals surface area contributed by atoms with Crippen molar-refractivity contribution in [1.82, 2.24) is 73.7 Å². The van der Waals surface area contributed by atoms with Gasteiger partial charge in [-0.3, -0.25) is 67.1 Å². The number of nitrogens with zero attached hydrogens (tertiary/aromatic N) is 1. The topological polar surface area (TPSA) is 489 Å². The van der Waals surface area contributed by atoms with E-state index in [4.69, 9.17) is 5.73 Å². The zero-order chi connectivity index (χ0) is 85.7. The summed E-state index contributed by atoms with van der Waals surface area (Å²) in [6.45, 7) is 8.11. The standard InChI is InChI=1S/C85H105N15O17S/c1-48(2)34-62-78(110)98-69(77(109)89-43-71(86)104)46-118-47-74(107)92-65(36-51-16-10-8-11-17-51)79(111)94-66(38-54-24-30-58(102)31-25-54)80(112)93-63(35-49(3)4)82(114)99-75(50(5)6)84(116)96-64(37-53-22-28-57(101)29-23-53)76(108)90-44-72(105)88-45-73(106)91-67(41-56-42-87-61-21-15-14-20-60(56)61)81(113)97-68(39-55-26-32-59(103)33-27-55)85(117)100(7)70(83(115)95-62)40-52-18-12-9-13-19-52/h8-33,42,48-50,62-70,75,87,101-103H,34-41,43-47H2,1-7H3,(H2,86,104)(H,88,105)(H,89,109)(H,90,108)(H,91,106)(H,92,107)(H,93,112)(H,94,111)(H,95,115)(H,96,116)(H,97,113)(H,98,110)(H,99,114)/t62-,63-,64-,65-,66-,67-,68-,69-,70-,75-/m0/s1. The van der Waals surface area contributed by atoms with Crippen molar-refractivity contribution in [2.75, 3.05) is 38.2 Å². The number of aromatic nitrogens is 1. The van der Waals surface area contributed by atoms with Crippen LogP contribution in [-0.2, 0) is 106 Å². The Morgan fingerprint density at radius 2 is 0.856 bits per heavy atom. The molecule has 6 aromatic carbocycles. The van der Waals surface area contributed by atoms with E-state index in [-0.39, 0.29) is 86.2 Å². The number of H-pyrrole nitrogens is 1. The highest BCUT2D eigenvalue weighted by atomic mass is 32.2. The number of fused-ring (bicyclic) bond motifs is 1. The molecule has 8 rings (SSSR count). The van der Waals surface area contributed by atoms with Gasteiger partial charge >= 0.3 is 0 Å². The molecule has 0 radical (unpaired) electrons. The van der Waals surface area contributed by atoms with E-state index in [2.05, 4.69) is 68.8 Å². The maximum Gasteiger partial charge on any atom is 0.245 e. The second-order valence-corrected chi connectivity index (χ2v) is 31.3. The van der Waals surface area contributed by atoms with Gasteiger partial charge in [0.25, 0.3) is 0 Å². The lowest BCUT2D eigenvalue weighted by Gasteiger charge is -2.33. The summed E-state index contributed by atoms with van der Waals surface area (Å²) >= 11 is 0.834. The van der Waals surface area contributed by atoms with Crippen molar-refractivity contribution < 1.29 is 82.4 Å². The molecule has 10 atom stereocenters. The van der Waals surface area contributed by atoms with E-state index in [0.717, 1.165) is 16.7 Å². The van der Waals surface area contributed by atoms with Crippen molar-refractivity contribution in [3.63, 3.8) is 0 Å². The summed E-state index contributed by atoms with van der Waals surface area (Å²) < 4.78 is 0. The molecule has 1 fully saturated rings. The number of aromatic hydroxyl groups is 3. The molecule has 0 unspecified atom stereocenters. The van der Waals surface area contributed by atoms with Crippen LogP contribution in [0.4, 0.5) is 0 Å². The molecule has 18 N–H and O–H groups in total. The van der Waals surface area contributed by atoms with Gasteiger partial charge in [0.1, 0.15) is 77.7 Å². The molecule has 1 aliphatic heterocycles. The van der Waals surface area contributed by atoms with Gasteiger partial charge in [-0.1, -0.05) is 157 Å². The molecule has 628 valence electrons. The molecule has 0 aliphatic carbocycles. The summed E-state index contributed by atoms with van der Waals surface area (Å²) in [5, 5.41) is 63.5. The zero-order valence-electron chi connectivity index (χ0n) is 66.8. The van der Waals surface area contributed by atoms with Crippen molar-refractivity contribution in [2.24, 2.45) is 23.5 Å². The van der Waals surface area contributed by atoms with Crippen LogP contribution in [0.15, 0.2) is 164 Å². The third kappa shape index (κ3) is 28.6. The molecular weight excluding hydrogens is 1540 g/mol. The lowest BCUT2D eigenvalue weighted by atomic mass is 9.98. The van der Waals surface area contributed by atoms with Crippen LogP contribution in [0.3, 0.4) is 0 Å². The number of phenolic OH excluding ortho intramolecular Hbond substituents is 3. The molecule has 0 spiro atoms. The maximum absolute atomic E-state index is 15.6. The molecule has 7 aromatic rings. The number of rotatable bonds is 20. The lowest BCUT2D eigenvalue weighted by molar-refractivity contribution is -0.143. The van der Waals surface area contributed by atoms with E-state index in [9.17, 15) is 68.1 Å². The number of primary amides is 1. The largest absolute Gasteiger partial charge is 0.508 e. The summed E-state index contributed by atoms with van der Waals surface area (Å²) in [4.78, 5) is 208. The van der Waals surface area contributed by atoms with Crippen LogP contribution in [0, 0.1) is 17.8 Å². The fourth-order valence-corrected chi connectivity index (χ4v) is 14.1. The Balaban J connectivity index is 1.17. The third-order valence-electron chi connectivity index (χ3n) is 19.5. The Kier molecular flexibility index (Phi) is 34.1. The number of hydrogen-bond donors (Lipinski definition) is 17. The van der Waals surface area contributed by atoms with E-state index in [1.165, 1.54) is 79.8 Å². The number of likely N-dealkylation sites (N-methyl/N-ethyl adjacent to an activating group) is 1. The Morgan fingerprint density at radius 1 is 0.441 bits per heavy atom. The minimum absolute atomic E-state index is 0.0176. The maximum atomic E-state index is 15.6. The van der Waals surface area contributed by atoms with E-state index >= 15 is 14.4 Å². The number of nitrogens with two attached hydrogens (primary N) is 1. The van der Waals surface area contributed by atoms with E-state index < -0.39 is 174 Å². The van der Waals surface area contributed by atoms with Gasteiger partial charge < -0.3 is 94.7 Å². The summed E-state index contributed by atoms with van der Waals surface area (Å²) in [6.07, 6.45) is 0.328. The fraction of sp³-hybridized carbons (Fsp3) is 0.388. The second-order valence-electron chi connectivity index (χ2n) is 30.3. The molecule has 33 heteroatoms. The van der Waals surface area contributed by atoms with Crippen molar-refractivity contribution in [3.8, 4) is 17.2 Å². The molecule has 118 heavy (non-hydrogen) atoms. The number of carbonyl (C=O) groups excluding carboxylic acids is 14. The van der Waals surface area contributed by atoms with Crippen LogP contribution in [-0.4, -0.2) is 207 Å². The molecule has 2 heterocycles. The Labute approximate surface area is 687 Å². The quantitative estimate of drug-likeness (QED) is 0.0515. The highest BCUT2D eigenvalue weighted by molar-refractivity contribution is 8.00. The van der Waals surface area contributed by atoms with Crippen molar-refractivity contribution >= 4 is 105 Å². The van der Waals surface area contributed by atoms with Gasteiger partial charge in [-0.2, -0.15) is 0 Å². The number of para-hydroxylation sites is 1. The smallest absolute Gasteiger partial charge is 0.245 e. The third-order valence-corrected chi connectivity index (χ3v) is 20.5. The van der Waals surface area contributed by atoms with Gasteiger partial charge in [0.2, 0.25) is 82.7 Å². The second kappa shape index (κ2) is 44.3. The number of aromatic amines is 1. The summed E-state index contributed by atoms with van der Waals surface area (Å²) in [6, 6.07) is 26.8. The molecular formula is C85H105N15O17S. The first-order valence-corrected chi connectivity index (χ1v) is 40.0. The number of amides is 14. The first-order chi connectivity index (χ1) is 56.2. The first kappa shape index (κ1) is 90.7. The van der Waals surface area contributed by atoms with Gasteiger partial charge in [-0.25, -0.2) is 0 Å². The summed E-state index contributed by atoms with van der Waals surface area (Å²) in [5.41, 5.74) is 9.11. The lowest BCUT2D eigenvalue weighted by Crippen LogP contribution is -2.61. The Bertz CT molecular complexity index is 4650. The first-order valence-electron chi connectivity index (χ1n) is 38.9. The van der Waals surface area contributed by atoms with Crippen molar-refractivity contribution in [2.45, 2.75) is 153 Å². The highest BCUT2D eigenvalue weighted by Crippen LogP contribution is 2.23. The highest BCUT2D eigenvalue weighted by Gasteiger charge is 2.39. The number of phenols is 3. The van der Waals surface area contributed by atoms with Gasteiger partial charge in [0.05, 0.1) is 25.4 Å². The monoisotopic (exact) mass is 1640 g/mol. The van der Waals surface area contributed by atoms with Gasteiger partial charge in [0.15, 0.2) is 0 Å². The predicted molar refractivity (Wildman–Crippen MR) is 441 cm³/mol. The number of benzene rings is 6. The summed E-state index contributed by atoms with van der Waals surface area (Å²) in [7, 11) is 1.33. The van der Waals surface area contributed by atoms with E-state index in [1.54, 1.807) is 133 Å². The van der Waals surface area contributed by atoms with Crippen LogP contribution < -0.4 is 69.5 Å². The number of carbonyl (C=O) groups is 14.